The lowest BCUT2D eigenvalue weighted by molar-refractivity contribution is -0.142. The van der Waals surface area contributed by atoms with Gasteiger partial charge in [0.2, 0.25) is 0 Å². The van der Waals surface area contributed by atoms with Crippen molar-refractivity contribution < 1.29 is 14.3 Å². The van der Waals surface area contributed by atoms with Crippen LogP contribution >= 0.6 is 0 Å². The van der Waals surface area contributed by atoms with Gasteiger partial charge in [-0.05, 0) is 20.3 Å². The molecule has 0 aromatic carbocycles. The summed E-state index contributed by atoms with van der Waals surface area (Å²) in [5, 5.41) is 9.38. The number of piperazine rings is 1. The molecule has 2 fully saturated rings. The van der Waals surface area contributed by atoms with Crippen molar-refractivity contribution in [2.24, 2.45) is 10.7 Å². The highest BCUT2D eigenvalue weighted by Crippen LogP contribution is 2.34. The van der Waals surface area contributed by atoms with E-state index in [1.54, 1.807) is 6.08 Å². The van der Waals surface area contributed by atoms with Crippen LogP contribution in [0.15, 0.2) is 28.8 Å². The Morgan fingerprint density at radius 2 is 2.31 bits per heavy atom. The van der Waals surface area contributed by atoms with Crippen LogP contribution in [-0.4, -0.2) is 65.8 Å². The van der Waals surface area contributed by atoms with Gasteiger partial charge in [-0.2, -0.15) is 0 Å². The first-order chi connectivity index (χ1) is 12.4. The second-order valence-electron chi connectivity index (χ2n) is 7.31. The standard InChI is InChI=1S/C17H24N6O3/c1-9(2)26-13(24)10-3-5-12(6-4-10)23-8-11-7-19-14-17(23,22-11)15(25)21-16(18)20-14/h3-5,9,11-12,14,19,22H,6-8H2,1-2H3,(H3,18,20,21,25). The molecular weight excluding hydrogens is 336 g/mol. The molecule has 4 unspecified atom stereocenters. The first-order valence-electron chi connectivity index (χ1n) is 8.92. The molecule has 3 heterocycles. The van der Waals surface area contributed by atoms with Crippen LogP contribution in [0.25, 0.3) is 0 Å². The Kier molecular flexibility index (Phi) is 4.09. The van der Waals surface area contributed by atoms with E-state index in [1.165, 1.54) is 0 Å². The molecule has 2 saturated heterocycles. The minimum absolute atomic E-state index is 0.0224. The fourth-order valence-corrected chi connectivity index (χ4v) is 4.09. The number of hydrogen-bond acceptors (Lipinski definition) is 8. The molecule has 0 radical (unpaired) electrons. The van der Waals surface area contributed by atoms with E-state index in [2.05, 4.69) is 25.8 Å². The van der Waals surface area contributed by atoms with Crippen LogP contribution in [0.1, 0.15) is 20.3 Å². The molecule has 1 aliphatic carbocycles. The molecule has 0 aromatic heterocycles. The Hall–Kier alpha value is -2.23. The van der Waals surface area contributed by atoms with Crippen molar-refractivity contribution in [3.05, 3.63) is 23.8 Å². The largest absolute Gasteiger partial charge is 0.459 e. The van der Waals surface area contributed by atoms with E-state index in [-0.39, 0.29) is 36.0 Å². The van der Waals surface area contributed by atoms with E-state index in [1.807, 2.05) is 26.0 Å². The van der Waals surface area contributed by atoms with E-state index in [4.69, 9.17) is 10.5 Å². The fourth-order valence-electron chi connectivity index (χ4n) is 4.09. The highest BCUT2D eigenvalue weighted by molar-refractivity contribution is 6.03. The number of nitrogens with two attached hydrogens (primary N) is 1. The van der Waals surface area contributed by atoms with Crippen LogP contribution in [-0.2, 0) is 14.3 Å². The smallest absolute Gasteiger partial charge is 0.338 e. The third-order valence-corrected chi connectivity index (χ3v) is 5.16. The summed E-state index contributed by atoms with van der Waals surface area (Å²) in [7, 11) is 0. The number of hydrogen-bond donors (Lipinski definition) is 4. The predicted molar refractivity (Wildman–Crippen MR) is 94.8 cm³/mol. The Balaban J connectivity index is 1.56. The third-order valence-electron chi connectivity index (χ3n) is 5.16. The zero-order valence-corrected chi connectivity index (χ0v) is 14.9. The van der Waals surface area contributed by atoms with Crippen LogP contribution in [0.2, 0.25) is 0 Å². The summed E-state index contributed by atoms with van der Waals surface area (Å²) in [6.45, 7) is 5.07. The molecule has 5 N–H and O–H groups in total. The number of nitrogens with zero attached hydrogens (tertiary/aromatic N) is 2. The van der Waals surface area contributed by atoms with E-state index in [0.29, 0.717) is 25.1 Å². The number of carbonyl (C=O) groups excluding carboxylic acids is 2. The van der Waals surface area contributed by atoms with E-state index < -0.39 is 11.8 Å². The van der Waals surface area contributed by atoms with E-state index in [0.717, 1.165) is 0 Å². The zero-order valence-electron chi connectivity index (χ0n) is 14.9. The monoisotopic (exact) mass is 360 g/mol. The summed E-state index contributed by atoms with van der Waals surface area (Å²) in [4.78, 5) is 31.4. The number of ether oxygens (including phenoxy) is 1. The first-order valence-corrected chi connectivity index (χ1v) is 8.92. The lowest BCUT2D eigenvalue weighted by atomic mass is 9.95. The number of fused-ring (bicyclic) bond motifs is 1. The van der Waals surface area contributed by atoms with Crippen LogP contribution in [0, 0.1) is 0 Å². The molecule has 0 aromatic rings. The highest BCUT2D eigenvalue weighted by atomic mass is 16.5. The van der Waals surface area contributed by atoms with Crippen LogP contribution in [0.5, 0.6) is 0 Å². The van der Waals surface area contributed by atoms with Crippen molar-refractivity contribution in [2.75, 3.05) is 13.1 Å². The number of rotatable bonds is 3. The van der Waals surface area contributed by atoms with Crippen molar-refractivity contribution in [2.45, 2.75) is 50.3 Å². The van der Waals surface area contributed by atoms with Gasteiger partial charge in [-0.25, -0.2) is 9.79 Å². The molecule has 1 spiro atoms. The first kappa shape index (κ1) is 17.2. The third kappa shape index (κ3) is 2.63. The fraction of sp³-hybridized carbons (Fsp3) is 0.588. The van der Waals surface area contributed by atoms with E-state index in [9.17, 15) is 9.59 Å². The summed E-state index contributed by atoms with van der Waals surface area (Å²) in [6.07, 6.45) is 5.62. The number of amides is 1. The Labute approximate surface area is 151 Å². The summed E-state index contributed by atoms with van der Waals surface area (Å²) < 4.78 is 5.24. The van der Waals surface area contributed by atoms with Gasteiger partial charge in [0.25, 0.3) is 5.91 Å². The summed E-state index contributed by atoms with van der Waals surface area (Å²) >= 11 is 0. The molecular formula is C17H24N6O3. The summed E-state index contributed by atoms with van der Waals surface area (Å²) in [5.74, 6) is -0.395. The predicted octanol–water partition coefficient (Wildman–Crippen LogP) is -1.46. The molecule has 4 aliphatic rings. The second kappa shape index (κ2) is 6.19. The maximum atomic E-state index is 12.8. The SMILES string of the molecule is CC(C)OC(=O)C1=CCC(N2CC3CNC4N=C(N)NC(=O)C42N3)C=C1. The van der Waals surface area contributed by atoms with Crippen molar-refractivity contribution in [1.82, 2.24) is 20.9 Å². The molecule has 26 heavy (non-hydrogen) atoms. The Bertz CT molecular complexity index is 730. The molecule has 9 nitrogen and oxygen atoms in total. The Morgan fingerprint density at radius 3 is 3.00 bits per heavy atom. The molecule has 3 aliphatic heterocycles. The number of esters is 1. The van der Waals surface area contributed by atoms with Gasteiger partial charge >= 0.3 is 5.97 Å². The molecule has 0 saturated carbocycles. The number of aliphatic imine (C=N–C) groups is 1. The quantitative estimate of drug-likeness (QED) is 0.454. The normalized spacial score (nSPS) is 36.3. The van der Waals surface area contributed by atoms with Gasteiger partial charge in [0, 0.05) is 25.2 Å². The highest BCUT2D eigenvalue weighted by Gasteiger charge is 2.61. The van der Waals surface area contributed by atoms with Crippen molar-refractivity contribution >= 4 is 17.8 Å². The molecule has 4 atom stereocenters. The van der Waals surface area contributed by atoms with Crippen LogP contribution < -0.4 is 21.7 Å². The van der Waals surface area contributed by atoms with Crippen LogP contribution in [0.4, 0.5) is 0 Å². The average Bonchev–Trinajstić information content (AvgIpc) is 2.90. The van der Waals surface area contributed by atoms with Crippen molar-refractivity contribution in [3.63, 3.8) is 0 Å². The lowest BCUT2D eigenvalue weighted by Gasteiger charge is -2.47. The van der Waals surface area contributed by atoms with Gasteiger partial charge in [0.05, 0.1) is 11.7 Å². The average molecular weight is 360 g/mol. The maximum Gasteiger partial charge on any atom is 0.338 e. The minimum Gasteiger partial charge on any atom is -0.459 e. The van der Waals surface area contributed by atoms with Crippen molar-refractivity contribution in [1.29, 1.82) is 0 Å². The van der Waals surface area contributed by atoms with Gasteiger partial charge in [-0.15, -0.1) is 0 Å². The number of carbonyl (C=O) groups is 2. The maximum absolute atomic E-state index is 12.8. The van der Waals surface area contributed by atoms with E-state index >= 15 is 0 Å². The number of guanidine groups is 1. The molecule has 2 bridgehead atoms. The van der Waals surface area contributed by atoms with Gasteiger partial charge in [-0.3, -0.25) is 25.6 Å². The zero-order chi connectivity index (χ0) is 18.5. The van der Waals surface area contributed by atoms with Gasteiger partial charge in [0.15, 0.2) is 11.6 Å². The van der Waals surface area contributed by atoms with Gasteiger partial charge in [0.1, 0.15) is 6.17 Å². The number of nitrogens with one attached hydrogen (secondary N) is 3. The van der Waals surface area contributed by atoms with Gasteiger partial charge in [-0.1, -0.05) is 18.2 Å². The summed E-state index contributed by atoms with van der Waals surface area (Å²) in [5.41, 5.74) is 5.31. The summed E-state index contributed by atoms with van der Waals surface area (Å²) in [6, 6.07) is 0.127. The van der Waals surface area contributed by atoms with Crippen LogP contribution in [0.3, 0.4) is 0 Å². The molecule has 140 valence electrons. The second-order valence-corrected chi connectivity index (χ2v) is 7.31. The minimum atomic E-state index is -0.968. The molecule has 1 amide bonds. The molecule has 4 rings (SSSR count). The Morgan fingerprint density at radius 1 is 1.50 bits per heavy atom. The van der Waals surface area contributed by atoms with Gasteiger partial charge < -0.3 is 10.5 Å². The molecule has 9 heteroatoms. The topological polar surface area (TPSA) is 121 Å². The van der Waals surface area contributed by atoms with Crippen molar-refractivity contribution in [3.8, 4) is 0 Å². The lowest BCUT2D eigenvalue weighted by Crippen LogP contribution is -2.78.